The van der Waals surface area contributed by atoms with E-state index in [1.54, 1.807) is 0 Å². The van der Waals surface area contributed by atoms with Gasteiger partial charge in [-0.3, -0.25) is 5.43 Å². The topological polar surface area (TPSA) is 36.4 Å². The summed E-state index contributed by atoms with van der Waals surface area (Å²) >= 11 is 5.03. The van der Waals surface area contributed by atoms with Crippen molar-refractivity contribution < 1.29 is 8.78 Å². The molecule has 2 aromatic rings. The molecule has 0 saturated carbocycles. The van der Waals surface area contributed by atoms with Crippen LogP contribution in [0.4, 0.5) is 8.78 Å². The first-order valence-corrected chi connectivity index (χ1v) is 6.62. The van der Waals surface area contributed by atoms with E-state index in [0.717, 1.165) is 17.7 Å². The quantitative estimate of drug-likeness (QED) is 0.518. The monoisotopic (exact) mass is 305 g/mol. The van der Waals surface area contributed by atoms with E-state index in [1.807, 2.05) is 30.3 Å². The first-order chi connectivity index (χ1) is 10.1. The van der Waals surface area contributed by atoms with Crippen molar-refractivity contribution in [2.24, 2.45) is 5.10 Å². The second-order valence-corrected chi connectivity index (χ2v) is 4.61. The maximum Gasteiger partial charge on any atom is 0.187 e. The van der Waals surface area contributed by atoms with E-state index in [4.69, 9.17) is 12.2 Å². The molecule has 0 amide bonds. The van der Waals surface area contributed by atoms with E-state index in [2.05, 4.69) is 15.8 Å². The first kappa shape index (κ1) is 15.1. The zero-order valence-corrected chi connectivity index (χ0v) is 11.8. The summed E-state index contributed by atoms with van der Waals surface area (Å²) in [5.74, 6) is -1.30. The normalized spacial score (nSPS) is 10.6. The number of hydrogen-bond acceptors (Lipinski definition) is 2. The van der Waals surface area contributed by atoms with E-state index < -0.39 is 11.6 Å². The average molecular weight is 305 g/mol. The molecular weight excluding hydrogens is 292 g/mol. The number of rotatable bonds is 4. The van der Waals surface area contributed by atoms with Crippen LogP contribution in [0.5, 0.6) is 0 Å². The van der Waals surface area contributed by atoms with E-state index in [1.165, 1.54) is 12.3 Å². The minimum absolute atomic E-state index is 0.176. The summed E-state index contributed by atoms with van der Waals surface area (Å²) in [5, 5.41) is 7.08. The highest BCUT2D eigenvalue weighted by molar-refractivity contribution is 7.80. The Morgan fingerprint density at radius 3 is 2.62 bits per heavy atom. The predicted molar refractivity (Wildman–Crippen MR) is 83.0 cm³/mol. The lowest BCUT2D eigenvalue weighted by molar-refractivity contribution is 0.582. The fraction of sp³-hybridized carbons (Fsp3) is 0.0667. The lowest BCUT2D eigenvalue weighted by atomic mass is 10.2. The molecule has 0 bridgehead atoms. The van der Waals surface area contributed by atoms with Crippen LogP contribution in [0.1, 0.15) is 11.1 Å². The maximum absolute atomic E-state index is 13.3. The van der Waals surface area contributed by atoms with Gasteiger partial charge in [-0.1, -0.05) is 30.3 Å². The third kappa shape index (κ3) is 4.92. The van der Waals surface area contributed by atoms with Gasteiger partial charge in [0.15, 0.2) is 5.11 Å². The van der Waals surface area contributed by atoms with Gasteiger partial charge in [-0.15, -0.1) is 0 Å². The molecule has 0 radical (unpaired) electrons. The van der Waals surface area contributed by atoms with E-state index in [0.29, 0.717) is 11.7 Å². The first-order valence-electron chi connectivity index (χ1n) is 6.21. The molecule has 21 heavy (non-hydrogen) atoms. The number of thiocarbonyl (C=S) groups is 1. The number of benzene rings is 2. The predicted octanol–water partition coefficient (Wildman–Crippen LogP) is 2.96. The Labute approximate surface area is 126 Å². The maximum atomic E-state index is 13.3. The molecular formula is C15H13F2N3S. The minimum Gasteiger partial charge on any atom is -0.357 e. The molecule has 0 atom stereocenters. The number of hydrazone groups is 1. The second kappa shape index (κ2) is 7.44. The fourth-order valence-electron chi connectivity index (χ4n) is 1.58. The standard InChI is InChI=1S/C15H13F2N3S/c16-13-7-6-12(14(17)8-13)10-19-20-15(21)18-9-11-4-2-1-3-5-11/h1-8,10H,9H2,(H2,18,20,21)/b19-10-. The molecule has 0 fully saturated rings. The largest absolute Gasteiger partial charge is 0.357 e. The molecule has 2 aromatic carbocycles. The Morgan fingerprint density at radius 2 is 1.90 bits per heavy atom. The van der Waals surface area contributed by atoms with Crippen LogP contribution in [0.3, 0.4) is 0 Å². The molecule has 2 rings (SSSR count). The van der Waals surface area contributed by atoms with Gasteiger partial charge in [0.25, 0.3) is 0 Å². The van der Waals surface area contributed by atoms with Gasteiger partial charge in [0.2, 0.25) is 0 Å². The van der Waals surface area contributed by atoms with Gasteiger partial charge in [0, 0.05) is 18.2 Å². The van der Waals surface area contributed by atoms with E-state index >= 15 is 0 Å². The third-order valence-corrected chi connectivity index (χ3v) is 2.86. The van der Waals surface area contributed by atoms with Crippen molar-refractivity contribution in [2.45, 2.75) is 6.54 Å². The van der Waals surface area contributed by atoms with Crippen molar-refractivity contribution in [1.29, 1.82) is 0 Å². The molecule has 0 aromatic heterocycles. The zero-order valence-electron chi connectivity index (χ0n) is 11.0. The van der Waals surface area contributed by atoms with Gasteiger partial charge in [-0.05, 0) is 29.9 Å². The van der Waals surface area contributed by atoms with Gasteiger partial charge in [0.1, 0.15) is 11.6 Å². The lowest BCUT2D eigenvalue weighted by Crippen LogP contribution is -2.31. The van der Waals surface area contributed by atoms with Crippen LogP contribution in [0, 0.1) is 11.6 Å². The van der Waals surface area contributed by atoms with Gasteiger partial charge < -0.3 is 5.32 Å². The molecule has 6 heteroatoms. The number of nitrogens with zero attached hydrogens (tertiary/aromatic N) is 1. The van der Waals surface area contributed by atoms with Crippen LogP contribution in [0.15, 0.2) is 53.6 Å². The van der Waals surface area contributed by atoms with Crippen LogP contribution in [-0.2, 0) is 6.54 Å². The molecule has 0 spiro atoms. The summed E-state index contributed by atoms with van der Waals surface area (Å²) < 4.78 is 26.1. The third-order valence-electron chi connectivity index (χ3n) is 2.63. The van der Waals surface area contributed by atoms with Crippen LogP contribution in [0.2, 0.25) is 0 Å². The molecule has 108 valence electrons. The van der Waals surface area contributed by atoms with Crippen molar-refractivity contribution in [2.75, 3.05) is 0 Å². The summed E-state index contributed by atoms with van der Waals surface area (Å²) in [6, 6.07) is 13.0. The molecule has 0 heterocycles. The summed E-state index contributed by atoms with van der Waals surface area (Å²) in [5.41, 5.74) is 3.83. The van der Waals surface area contributed by atoms with Gasteiger partial charge in [0.05, 0.1) is 6.21 Å². The second-order valence-electron chi connectivity index (χ2n) is 4.20. The smallest absolute Gasteiger partial charge is 0.187 e. The zero-order chi connectivity index (χ0) is 15.1. The fourth-order valence-corrected chi connectivity index (χ4v) is 1.71. The average Bonchev–Trinajstić information content (AvgIpc) is 2.48. The van der Waals surface area contributed by atoms with Gasteiger partial charge >= 0.3 is 0 Å². The summed E-state index contributed by atoms with van der Waals surface area (Å²) in [4.78, 5) is 0. The number of halogens is 2. The van der Waals surface area contributed by atoms with E-state index in [-0.39, 0.29) is 5.56 Å². The highest BCUT2D eigenvalue weighted by Crippen LogP contribution is 2.06. The Bertz CT molecular complexity index is 645. The van der Waals surface area contributed by atoms with Crippen molar-refractivity contribution in [3.63, 3.8) is 0 Å². The molecule has 0 unspecified atom stereocenters. The van der Waals surface area contributed by atoms with Crippen LogP contribution in [-0.4, -0.2) is 11.3 Å². The van der Waals surface area contributed by atoms with Crippen molar-refractivity contribution in [3.8, 4) is 0 Å². The number of hydrogen-bond donors (Lipinski definition) is 2. The SMILES string of the molecule is Fc1ccc(/C=N\NC(=S)NCc2ccccc2)c(F)c1. The minimum atomic E-state index is -0.677. The Kier molecular flexibility index (Phi) is 5.34. The van der Waals surface area contributed by atoms with Crippen molar-refractivity contribution in [1.82, 2.24) is 10.7 Å². The van der Waals surface area contributed by atoms with E-state index in [9.17, 15) is 8.78 Å². The molecule has 3 nitrogen and oxygen atoms in total. The Balaban J connectivity index is 1.82. The Morgan fingerprint density at radius 1 is 1.14 bits per heavy atom. The van der Waals surface area contributed by atoms with Crippen LogP contribution >= 0.6 is 12.2 Å². The Hall–Kier alpha value is -2.34. The van der Waals surface area contributed by atoms with Gasteiger partial charge in [-0.2, -0.15) is 5.10 Å². The molecule has 0 aliphatic heterocycles. The molecule has 0 saturated heterocycles. The van der Waals surface area contributed by atoms with Crippen LogP contribution < -0.4 is 10.7 Å². The van der Waals surface area contributed by atoms with Gasteiger partial charge in [-0.25, -0.2) is 8.78 Å². The van der Waals surface area contributed by atoms with Crippen molar-refractivity contribution in [3.05, 3.63) is 71.3 Å². The highest BCUT2D eigenvalue weighted by atomic mass is 32.1. The summed E-state index contributed by atoms with van der Waals surface area (Å²) in [6.45, 7) is 0.563. The van der Waals surface area contributed by atoms with Crippen molar-refractivity contribution >= 4 is 23.5 Å². The molecule has 0 aliphatic carbocycles. The summed E-state index contributed by atoms with van der Waals surface area (Å²) in [7, 11) is 0. The molecule has 2 N–H and O–H groups in total. The lowest BCUT2D eigenvalue weighted by Gasteiger charge is -2.06. The summed E-state index contributed by atoms with van der Waals surface area (Å²) in [6.07, 6.45) is 1.24. The molecule has 0 aliphatic rings. The number of nitrogens with one attached hydrogen (secondary N) is 2. The van der Waals surface area contributed by atoms with Crippen LogP contribution in [0.25, 0.3) is 0 Å². The highest BCUT2D eigenvalue weighted by Gasteiger charge is 2.00.